The summed E-state index contributed by atoms with van der Waals surface area (Å²) in [6, 6.07) is 18.8. The SMILES string of the molecule is C[C@H](Oc1ccccc1)C(=O)NCCCCCCCCCNC(=O)[C@H](C)Oc1ccccc1. The van der Waals surface area contributed by atoms with Crippen molar-refractivity contribution in [1.82, 2.24) is 10.6 Å². The lowest BCUT2D eigenvalue weighted by Crippen LogP contribution is -2.36. The highest BCUT2D eigenvalue weighted by atomic mass is 16.5. The van der Waals surface area contributed by atoms with Crippen LogP contribution in [0.15, 0.2) is 60.7 Å². The van der Waals surface area contributed by atoms with Gasteiger partial charge in [0.15, 0.2) is 12.2 Å². The summed E-state index contributed by atoms with van der Waals surface area (Å²) < 4.78 is 11.3. The molecule has 0 aliphatic carbocycles. The summed E-state index contributed by atoms with van der Waals surface area (Å²) in [5, 5.41) is 5.88. The molecule has 0 saturated heterocycles. The summed E-state index contributed by atoms with van der Waals surface area (Å²) in [5.74, 6) is 1.25. The molecule has 0 saturated carbocycles. The number of amides is 2. The van der Waals surface area contributed by atoms with Gasteiger partial charge in [-0.25, -0.2) is 0 Å². The third kappa shape index (κ3) is 11.4. The molecular formula is C27H38N2O4. The number of rotatable bonds is 16. The first-order valence-corrected chi connectivity index (χ1v) is 12.0. The van der Waals surface area contributed by atoms with E-state index >= 15 is 0 Å². The van der Waals surface area contributed by atoms with Gasteiger partial charge in [-0.1, -0.05) is 68.5 Å². The number of nitrogens with one attached hydrogen (secondary N) is 2. The summed E-state index contributed by atoms with van der Waals surface area (Å²) in [7, 11) is 0. The van der Waals surface area contributed by atoms with Crippen molar-refractivity contribution < 1.29 is 19.1 Å². The summed E-state index contributed by atoms with van der Waals surface area (Å²) >= 11 is 0. The van der Waals surface area contributed by atoms with Gasteiger partial charge in [0.1, 0.15) is 11.5 Å². The topological polar surface area (TPSA) is 76.7 Å². The van der Waals surface area contributed by atoms with Crippen molar-refractivity contribution in [1.29, 1.82) is 0 Å². The Morgan fingerprint density at radius 2 is 0.939 bits per heavy atom. The van der Waals surface area contributed by atoms with E-state index < -0.39 is 12.2 Å². The minimum atomic E-state index is -0.499. The van der Waals surface area contributed by atoms with Crippen LogP contribution in [0, 0.1) is 0 Å². The molecule has 6 nitrogen and oxygen atoms in total. The number of ether oxygens (including phenoxy) is 2. The van der Waals surface area contributed by atoms with Crippen LogP contribution < -0.4 is 20.1 Å². The first-order valence-electron chi connectivity index (χ1n) is 12.0. The fourth-order valence-electron chi connectivity index (χ4n) is 3.36. The molecule has 2 aromatic carbocycles. The maximum atomic E-state index is 12.1. The molecule has 0 aromatic heterocycles. The third-order valence-corrected chi connectivity index (χ3v) is 5.30. The molecule has 2 aromatic rings. The number of hydrogen-bond acceptors (Lipinski definition) is 4. The maximum Gasteiger partial charge on any atom is 0.260 e. The summed E-state index contributed by atoms with van der Waals surface area (Å²) in [5.41, 5.74) is 0. The van der Waals surface area contributed by atoms with Crippen LogP contribution in [0.5, 0.6) is 11.5 Å². The molecule has 0 heterocycles. The lowest BCUT2D eigenvalue weighted by atomic mass is 10.1. The normalized spacial score (nSPS) is 12.4. The second kappa shape index (κ2) is 15.7. The molecule has 2 rings (SSSR count). The second-order valence-corrected chi connectivity index (χ2v) is 8.20. The number of carbonyl (C=O) groups excluding carboxylic acids is 2. The third-order valence-electron chi connectivity index (χ3n) is 5.30. The van der Waals surface area contributed by atoms with E-state index in [-0.39, 0.29) is 11.8 Å². The van der Waals surface area contributed by atoms with E-state index in [4.69, 9.17) is 9.47 Å². The van der Waals surface area contributed by atoms with Crippen molar-refractivity contribution in [3.8, 4) is 11.5 Å². The van der Waals surface area contributed by atoms with E-state index in [1.807, 2.05) is 60.7 Å². The predicted molar refractivity (Wildman–Crippen MR) is 131 cm³/mol. The smallest absolute Gasteiger partial charge is 0.260 e. The maximum absolute atomic E-state index is 12.1. The molecule has 0 spiro atoms. The van der Waals surface area contributed by atoms with Gasteiger partial charge < -0.3 is 20.1 Å². The molecule has 0 aliphatic rings. The van der Waals surface area contributed by atoms with Crippen molar-refractivity contribution in [2.45, 2.75) is 71.0 Å². The Morgan fingerprint density at radius 3 is 1.30 bits per heavy atom. The van der Waals surface area contributed by atoms with Gasteiger partial charge in [-0.15, -0.1) is 0 Å². The molecule has 0 bridgehead atoms. The van der Waals surface area contributed by atoms with Crippen molar-refractivity contribution in [3.05, 3.63) is 60.7 Å². The van der Waals surface area contributed by atoms with E-state index in [0.29, 0.717) is 24.6 Å². The Kier molecular flexibility index (Phi) is 12.5. The van der Waals surface area contributed by atoms with Crippen LogP contribution in [-0.4, -0.2) is 37.1 Å². The van der Waals surface area contributed by atoms with Crippen LogP contribution in [0.1, 0.15) is 58.8 Å². The predicted octanol–water partition coefficient (Wildman–Crippen LogP) is 4.88. The van der Waals surface area contributed by atoms with Crippen LogP contribution in [0.25, 0.3) is 0 Å². The quantitative estimate of drug-likeness (QED) is 0.354. The van der Waals surface area contributed by atoms with E-state index in [2.05, 4.69) is 10.6 Å². The Bertz CT molecular complexity index is 731. The number of unbranched alkanes of at least 4 members (excludes halogenated alkanes) is 6. The fourth-order valence-corrected chi connectivity index (χ4v) is 3.36. The molecule has 33 heavy (non-hydrogen) atoms. The highest BCUT2D eigenvalue weighted by Gasteiger charge is 2.14. The zero-order valence-electron chi connectivity index (χ0n) is 19.9. The Balaban J connectivity index is 1.39. The Hall–Kier alpha value is -3.02. The van der Waals surface area contributed by atoms with Crippen LogP contribution >= 0.6 is 0 Å². The largest absolute Gasteiger partial charge is 0.481 e. The minimum absolute atomic E-state index is 0.0793. The molecule has 0 aliphatic heterocycles. The standard InChI is InChI=1S/C27H38N2O4/c1-22(32-24-16-10-8-11-17-24)26(30)28-20-14-6-4-3-5-7-15-21-29-27(31)23(2)33-25-18-12-9-13-19-25/h8-13,16-19,22-23H,3-7,14-15,20-21H2,1-2H3,(H,28,30)(H,29,31)/t22-,23-/m0/s1. The van der Waals surface area contributed by atoms with Gasteiger partial charge >= 0.3 is 0 Å². The fraction of sp³-hybridized carbons (Fsp3) is 0.481. The molecule has 0 unspecified atom stereocenters. The van der Waals surface area contributed by atoms with Gasteiger partial charge in [-0.3, -0.25) is 9.59 Å². The van der Waals surface area contributed by atoms with Gasteiger partial charge in [-0.2, -0.15) is 0 Å². The lowest BCUT2D eigenvalue weighted by molar-refractivity contribution is -0.127. The Labute approximate surface area is 198 Å². The number of benzene rings is 2. The molecule has 0 radical (unpaired) electrons. The van der Waals surface area contributed by atoms with Crippen LogP contribution in [0.4, 0.5) is 0 Å². The summed E-state index contributed by atoms with van der Waals surface area (Å²) in [6.45, 7) is 4.89. The Morgan fingerprint density at radius 1 is 0.606 bits per heavy atom. The number of carbonyl (C=O) groups is 2. The van der Waals surface area contributed by atoms with Crippen LogP contribution in [0.2, 0.25) is 0 Å². The average molecular weight is 455 g/mol. The van der Waals surface area contributed by atoms with Gasteiger partial charge in [0.2, 0.25) is 0 Å². The molecule has 2 amide bonds. The minimum Gasteiger partial charge on any atom is -0.481 e. The van der Waals surface area contributed by atoms with Gasteiger partial charge in [-0.05, 0) is 51.0 Å². The highest BCUT2D eigenvalue weighted by molar-refractivity contribution is 5.81. The van der Waals surface area contributed by atoms with Crippen LogP contribution in [-0.2, 0) is 9.59 Å². The van der Waals surface area contributed by atoms with E-state index in [1.165, 1.54) is 6.42 Å². The number of hydrogen-bond donors (Lipinski definition) is 2. The lowest BCUT2D eigenvalue weighted by Gasteiger charge is -2.14. The van der Waals surface area contributed by atoms with E-state index in [1.54, 1.807) is 13.8 Å². The molecule has 0 fully saturated rings. The van der Waals surface area contributed by atoms with E-state index in [0.717, 1.165) is 38.5 Å². The first-order chi connectivity index (χ1) is 16.1. The summed E-state index contributed by atoms with van der Waals surface area (Å²) in [4.78, 5) is 24.2. The molecule has 180 valence electrons. The highest BCUT2D eigenvalue weighted by Crippen LogP contribution is 2.12. The second-order valence-electron chi connectivity index (χ2n) is 8.20. The molecular weight excluding hydrogens is 416 g/mol. The van der Waals surface area contributed by atoms with Gasteiger partial charge in [0.25, 0.3) is 11.8 Å². The van der Waals surface area contributed by atoms with Crippen molar-refractivity contribution in [3.63, 3.8) is 0 Å². The van der Waals surface area contributed by atoms with Gasteiger partial charge in [0.05, 0.1) is 0 Å². The van der Waals surface area contributed by atoms with Crippen molar-refractivity contribution in [2.24, 2.45) is 0 Å². The van der Waals surface area contributed by atoms with E-state index in [9.17, 15) is 9.59 Å². The van der Waals surface area contributed by atoms with Crippen LogP contribution in [0.3, 0.4) is 0 Å². The van der Waals surface area contributed by atoms with Gasteiger partial charge in [0, 0.05) is 13.1 Å². The first kappa shape index (κ1) is 26.2. The average Bonchev–Trinajstić information content (AvgIpc) is 2.83. The molecule has 6 heteroatoms. The van der Waals surface area contributed by atoms with Crippen molar-refractivity contribution >= 4 is 11.8 Å². The zero-order valence-corrected chi connectivity index (χ0v) is 19.9. The van der Waals surface area contributed by atoms with Crippen molar-refractivity contribution in [2.75, 3.05) is 13.1 Å². The monoisotopic (exact) mass is 454 g/mol. The molecule has 2 N–H and O–H groups in total. The number of para-hydroxylation sites is 2. The zero-order chi connectivity index (χ0) is 23.7. The summed E-state index contributed by atoms with van der Waals surface area (Å²) in [6.07, 6.45) is 6.61. The molecule has 2 atom stereocenters.